The summed E-state index contributed by atoms with van der Waals surface area (Å²) >= 11 is 0. The van der Waals surface area contributed by atoms with Crippen LogP contribution in [0.5, 0.6) is 5.75 Å². The lowest BCUT2D eigenvalue weighted by Crippen LogP contribution is -2.27. The first-order valence-electron chi connectivity index (χ1n) is 6.67. The second-order valence-corrected chi connectivity index (χ2v) is 5.86. The minimum Gasteiger partial charge on any atom is -0.508 e. The summed E-state index contributed by atoms with van der Waals surface area (Å²) in [5.74, 6) is 0.0965. The predicted octanol–water partition coefficient (Wildman–Crippen LogP) is 3.05. The van der Waals surface area contributed by atoms with Gasteiger partial charge in [0.25, 0.3) is 0 Å². The Morgan fingerprint density at radius 3 is 2.55 bits per heavy atom. The van der Waals surface area contributed by atoms with Crippen molar-refractivity contribution in [1.29, 1.82) is 0 Å². The second-order valence-electron chi connectivity index (χ2n) is 5.86. The Morgan fingerprint density at radius 1 is 1.40 bits per heavy atom. The quantitative estimate of drug-likeness (QED) is 0.792. The summed E-state index contributed by atoms with van der Waals surface area (Å²) in [5, 5.41) is 21.7. The van der Waals surface area contributed by atoms with E-state index in [4.69, 9.17) is 4.74 Å². The lowest BCUT2D eigenvalue weighted by atomic mass is 10.1. The first-order valence-corrected chi connectivity index (χ1v) is 6.67. The van der Waals surface area contributed by atoms with E-state index in [1.165, 1.54) is 6.07 Å². The van der Waals surface area contributed by atoms with Crippen LogP contribution in [0.4, 0.5) is 10.5 Å². The lowest BCUT2D eigenvalue weighted by Gasteiger charge is -2.19. The third-order valence-corrected chi connectivity index (χ3v) is 2.56. The average Bonchev–Trinajstić information content (AvgIpc) is 2.24. The summed E-state index contributed by atoms with van der Waals surface area (Å²) < 4.78 is 5.13. The van der Waals surface area contributed by atoms with Gasteiger partial charge < -0.3 is 14.9 Å². The molecule has 0 radical (unpaired) electrons. The summed E-state index contributed by atoms with van der Waals surface area (Å²) in [5.41, 5.74) is 0.641. The molecule has 0 aromatic heterocycles. The first kappa shape index (κ1) is 16.3. The zero-order chi connectivity index (χ0) is 15.3. The highest BCUT2D eigenvalue weighted by Crippen LogP contribution is 2.24. The molecule has 0 heterocycles. The van der Waals surface area contributed by atoms with Crippen LogP contribution in [0, 0.1) is 0 Å². The molecular weight excluding hydrogens is 258 g/mol. The highest BCUT2D eigenvalue weighted by Gasteiger charge is 2.16. The molecule has 3 N–H and O–H groups in total. The van der Waals surface area contributed by atoms with Crippen LogP contribution in [0.15, 0.2) is 18.2 Å². The van der Waals surface area contributed by atoms with Crippen LogP contribution >= 0.6 is 0 Å². The molecule has 0 aliphatic heterocycles. The van der Waals surface area contributed by atoms with Crippen molar-refractivity contribution in [3.63, 3.8) is 0 Å². The molecule has 0 saturated heterocycles. The number of carbonyl (C=O) groups is 1. The topological polar surface area (TPSA) is 78.8 Å². The molecule has 0 spiro atoms. The van der Waals surface area contributed by atoms with Crippen molar-refractivity contribution in [3.05, 3.63) is 23.8 Å². The Bertz CT molecular complexity index is 463. The second kappa shape index (κ2) is 6.61. The number of phenols is 1. The number of amides is 1. The standard InChI is InChI=1S/C15H23NO4/c1-10(17)5-6-11-7-8-12(9-13(11)18)16-14(19)20-15(2,3)4/h7-10,17-18H,5-6H2,1-4H3,(H,16,19)/t10-/m1/s1. The van der Waals surface area contributed by atoms with Gasteiger partial charge in [0.15, 0.2) is 0 Å². The number of phenolic OH excluding ortho intramolecular Hbond substituents is 1. The van der Waals surface area contributed by atoms with Crippen molar-refractivity contribution in [2.75, 3.05) is 5.32 Å². The van der Waals surface area contributed by atoms with Crippen LogP contribution in [0.3, 0.4) is 0 Å². The number of ether oxygens (including phenoxy) is 1. The number of nitrogens with one attached hydrogen (secondary N) is 1. The van der Waals surface area contributed by atoms with Crippen LogP contribution in [0.1, 0.15) is 39.7 Å². The van der Waals surface area contributed by atoms with Crippen molar-refractivity contribution >= 4 is 11.8 Å². The minimum atomic E-state index is -0.566. The predicted molar refractivity (Wildman–Crippen MR) is 78.0 cm³/mol. The van der Waals surface area contributed by atoms with E-state index in [0.717, 1.165) is 5.56 Å². The Balaban J connectivity index is 2.65. The molecule has 1 amide bonds. The highest BCUT2D eigenvalue weighted by atomic mass is 16.6. The van der Waals surface area contributed by atoms with Gasteiger partial charge in [-0.2, -0.15) is 0 Å². The molecule has 0 bridgehead atoms. The molecule has 1 aromatic carbocycles. The number of rotatable bonds is 4. The lowest BCUT2D eigenvalue weighted by molar-refractivity contribution is 0.0636. The molecule has 112 valence electrons. The van der Waals surface area contributed by atoms with E-state index >= 15 is 0 Å². The maximum atomic E-state index is 11.6. The molecule has 0 saturated carbocycles. The average molecular weight is 281 g/mol. The molecule has 5 nitrogen and oxygen atoms in total. The van der Waals surface area contributed by atoms with Crippen LogP contribution < -0.4 is 5.32 Å². The van der Waals surface area contributed by atoms with E-state index in [0.29, 0.717) is 18.5 Å². The van der Waals surface area contributed by atoms with Gasteiger partial charge in [-0.1, -0.05) is 6.07 Å². The fourth-order valence-electron chi connectivity index (χ4n) is 1.64. The van der Waals surface area contributed by atoms with Gasteiger partial charge in [0, 0.05) is 11.8 Å². The number of hydrogen-bond acceptors (Lipinski definition) is 4. The van der Waals surface area contributed by atoms with Crippen molar-refractivity contribution in [3.8, 4) is 5.75 Å². The Morgan fingerprint density at radius 2 is 2.05 bits per heavy atom. The molecule has 0 fully saturated rings. The molecule has 0 unspecified atom stereocenters. The van der Waals surface area contributed by atoms with Gasteiger partial charge in [0.05, 0.1) is 6.10 Å². The fourth-order valence-corrected chi connectivity index (χ4v) is 1.64. The van der Waals surface area contributed by atoms with Gasteiger partial charge in [0.1, 0.15) is 11.4 Å². The minimum absolute atomic E-state index is 0.0965. The van der Waals surface area contributed by atoms with Crippen molar-refractivity contribution in [2.45, 2.75) is 52.2 Å². The molecule has 1 rings (SSSR count). The van der Waals surface area contributed by atoms with E-state index in [-0.39, 0.29) is 5.75 Å². The van der Waals surface area contributed by atoms with Crippen molar-refractivity contribution < 1.29 is 19.7 Å². The number of anilines is 1. The smallest absolute Gasteiger partial charge is 0.412 e. The maximum absolute atomic E-state index is 11.6. The Kier molecular flexibility index (Phi) is 5.39. The number of benzene rings is 1. The molecule has 20 heavy (non-hydrogen) atoms. The molecule has 1 aromatic rings. The zero-order valence-electron chi connectivity index (χ0n) is 12.4. The van der Waals surface area contributed by atoms with Crippen LogP contribution in [-0.2, 0) is 11.2 Å². The third-order valence-electron chi connectivity index (χ3n) is 2.56. The summed E-state index contributed by atoms with van der Waals surface area (Å²) in [6.45, 7) is 7.05. The largest absolute Gasteiger partial charge is 0.508 e. The van der Waals surface area contributed by atoms with Crippen LogP contribution in [0.2, 0.25) is 0 Å². The Labute approximate surface area is 119 Å². The highest BCUT2D eigenvalue weighted by molar-refractivity contribution is 5.85. The maximum Gasteiger partial charge on any atom is 0.412 e. The Hall–Kier alpha value is -1.75. The first-order chi connectivity index (χ1) is 9.17. The monoisotopic (exact) mass is 281 g/mol. The van der Waals surface area contributed by atoms with Gasteiger partial charge in [-0.3, -0.25) is 5.32 Å². The molecule has 1 atom stereocenters. The number of aromatic hydroxyl groups is 1. The number of hydrogen-bond donors (Lipinski definition) is 3. The van der Waals surface area contributed by atoms with E-state index < -0.39 is 17.8 Å². The van der Waals surface area contributed by atoms with Gasteiger partial charge in [-0.15, -0.1) is 0 Å². The number of carbonyl (C=O) groups excluding carboxylic acids is 1. The van der Waals surface area contributed by atoms with Gasteiger partial charge in [-0.25, -0.2) is 4.79 Å². The van der Waals surface area contributed by atoms with Gasteiger partial charge in [-0.05, 0) is 52.2 Å². The summed E-state index contributed by atoms with van der Waals surface area (Å²) in [7, 11) is 0. The molecule has 5 heteroatoms. The van der Waals surface area contributed by atoms with Crippen molar-refractivity contribution in [1.82, 2.24) is 0 Å². The molecule has 0 aliphatic carbocycles. The normalized spacial score (nSPS) is 12.8. The summed E-state index contributed by atoms with van der Waals surface area (Å²) in [6.07, 6.45) is 0.186. The van der Waals surface area contributed by atoms with E-state index in [1.807, 2.05) is 0 Å². The number of aliphatic hydroxyl groups is 1. The SMILES string of the molecule is C[C@@H](O)CCc1ccc(NC(=O)OC(C)(C)C)cc1O. The van der Waals surface area contributed by atoms with Gasteiger partial charge in [0.2, 0.25) is 0 Å². The number of aryl methyl sites for hydroxylation is 1. The number of aliphatic hydroxyl groups excluding tert-OH is 1. The summed E-state index contributed by atoms with van der Waals surface area (Å²) in [6, 6.07) is 4.90. The molecule has 0 aliphatic rings. The van der Waals surface area contributed by atoms with Crippen LogP contribution in [-0.4, -0.2) is 28.0 Å². The zero-order valence-corrected chi connectivity index (χ0v) is 12.4. The van der Waals surface area contributed by atoms with Crippen molar-refractivity contribution in [2.24, 2.45) is 0 Å². The summed E-state index contributed by atoms with van der Waals surface area (Å²) in [4.78, 5) is 11.6. The molecular formula is C15H23NO4. The van der Waals surface area contributed by atoms with E-state index in [1.54, 1.807) is 39.8 Å². The fraction of sp³-hybridized carbons (Fsp3) is 0.533. The van der Waals surface area contributed by atoms with E-state index in [9.17, 15) is 15.0 Å². The third kappa shape index (κ3) is 5.93. The van der Waals surface area contributed by atoms with Crippen LogP contribution in [0.25, 0.3) is 0 Å². The van der Waals surface area contributed by atoms with E-state index in [2.05, 4.69) is 5.32 Å². The van der Waals surface area contributed by atoms with Gasteiger partial charge >= 0.3 is 6.09 Å².